The minimum Gasteiger partial charge on any atom is -0.463 e. The molecule has 5 heteroatoms. The minimum atomic E-state index is 0.107. The van der Waals surface area contributed by atoms with E-state index in [0.29, 0.717) is 17.7 Å². The van der Waals surface area contributed by atoms with Crippen molar-refractivity contribution in [3.05, 3.63) is 30.2 Å². The second-order valence-electron chi connectivity index (χ2n) is 5.03. The number of ketones is 1. The van der Waals surface area contributed by atoms with Crippen molar-refractivity contribution < 1.29 is 9.21 Å². The van der Waals surface area contributed by atoms with Crippen LogP contribution in [0.3, 0.4) is 0 Å². The van der Waals surface area contributed by atoms with Gasteiger partial charge in [0, 0.05) is 44.0 Å². The van der Waals surface area contributed by atoms with Gasteiger partial charge in [-0.3, -0.25) is 14.7 Å². The molecule has 0 bridgehead atoms. The molecule has 100 valence electrons. The van der Waals surface area contributed by atoms with Crippen molar-refractivity contribution in [3.8, 4) is 0 Å². The molecule has 1 fully saturated rings. The zero-order valence-electron chi connectivity index (χ0n) is 11.0. The molecule has 19 heavy (non-hydrogen) atoms. The first-order chi connectivity index (χ1) is 9.22. The highest BCUT2D eigenvalue weighted by molar-refractivity contribution is 5.99. The molecule has 0 N–H and O–H groups in total. The smallest absolute Gasteiger partial charge is 0.178 e. The molecule has 0 atom stereocenters. The Labute approximate surface area is 111 Å². The van der Waals surface area contributed by atoms with E-state index < -0.39 is 0 Å². The first-order valence-corrected chi connectivity index (χ1v) is 6.50. The molecule has 2 aromatic heterocycles. The molecule has 1 aliphatic rings. The number of aromatic nitrogens is 1. The number of likely N-dealkylation sites (N-methyl/N-ethyl adjacent to an activating group) is 1. The highest BCUT2D eigenvalue weighted by atomic mass is 16.3. The van der Waals surface area contributed by atoms with E-state index in [4.69, 9.17) is 4.42 Å². The highest BCUT2D eigenvalue weighted by Crippen LogP contribution is 2.14. The average molecular weight is 259 g/mol. The minimum absolute atomic E-state index is 0.107. The predicted molar refractivity (Wildman–Crippen MR) is 72.3 cm³/mol. The summed E-state index contributed by atoms with van der Waals surface area (Å²) in [5, 5.41) is 0. The van der Waals surface area contributed by atoms with E-state index >= 15 is 0 Å². The van der Waals surface area contributed by atoms with Gasteiger partial charge in [0.05, 0.1) is 12.8 Å². The molecular formula is C14H17N3O2. The van der Waals surface area contributed by atoms with Crippen LogP contribution in [0.5, 0.6) is 0 Å². The Morgan fingerprint density at radius 3 is 2.95 bits per heavy atom. The van der Waals surface area contributed by atoms with Gasteiger partial charge in [-0.25, -0.2) is 0 Å². The van der Waals surface area contributed by atoms with Crippen LogP contribution < -0.4 is 0 Å². The zero-order chi connectivity index (χ0) is 13.2. The molecule has 0 aromatic carbocycles. The van der Waals surface area contributed by atoms with Gasteiger partial charge < -0.3 is 9.32 Å². The SMILES string of the molecule is CN1CCN(CC(=O)c2cnc3ccoc3c2)CC1. The van der Waals surface area contributed by atoms with Crippen LogP contribution in [0.4, 0.5) is 0 Å². The third-order valence-corrected chi connectivity index (χ3v) is 3.59. The second kappa shape index (κ2) is 5.11. The largest absolute Gasteiger partial charge is 0.463 e. The summed E-state index contributed by atoms with van der Waals surface area (Å²) in [5.41, 5.74) is 2.08. The fourth-order valence-corrected chi connectivity index (χ4v) is 2.30. The summed E-state index contributed by atoms with van der Waals surface area (Å²) in [6.45, 7) is 4.38. The molecule has 0 saturated carbocycles. The predicted octanol–water partition coefficient (Wildman–Crippen LogP) is 1.26. The quantitative estimate of drug-likeness (QED) is 0.777. The van der Waals surface area contributed by atoms with Gasteiger partial charge in [-0.15, -0.1) is 0 Å². The van der Waals surface area contributed by atoms with Crippen molar-refractivity contribution in [1.82, 2.24) is 14.8 Å². The van der Waals surface area contributed by atoms with Gasteiger partial charge in [0.1, 0.15) is 5.52 Å². The van der Waals surface area contributed by atoms with Crippen molar-refractivity contribution in [2.45, 2.75) is 0 Å². The molecule has 1 aliphatic heterocycles. The van der Waals surface area contributed by atoms with Crippen molar-refractivity contribution in [2.75, 3.05) is 39.8 Å². The van der Waals surface area contributed by atoms with Crippen molar-refractivity contribution in [1.29, 1.82) is 0 Å². The monoisotopic (exact) mass is 259 g/mol. The number of rotatable bonds is 3. The molecule has 2 aromatic rings. The van der Waals surface area contributed by atoms with E-state index in [1.54, 1.807) is 24.6 Å². The third kappa shape index (κ3) is 2.67. The topological polar surface area (TPSA) is 49.6 Å². The maximum Gasteiger partial charge on any atom is 0.178 e. The summed E-state index contributed by atoms with van der Waals surface area (Å²) in [7, 11) is 2.11. The lowest BCUT2D eigenvalue weighted by Gasteiger charge is -2.31. The van der Waals surface area contributed by atoms with Gasteiger partial charge in [0.25, 0.3) is 0 Å². The number of hydrogen-bond acceptors (Lipinski definition) is 5. The van der Waals surface area contributed by atoms with Crippen LogP contribution in [-0.2, 0) is 0 Å². The molecule has 0 radical (unpaired) electrons. The van der Waals surface area contributed by atoms with E-state index in [1.807, 2.05) is 0 Å². The van der Waals surface area contributed by atoms with Gasteiger partial charge in [-0.2, -0.15) is 0 Å². The van der Waals surface area contributed by atoms with Crippen molar-refractivity contribution in [2.24, 2.45) is 0 Å². The normalized spacial score (nSPS) is 17.9. The summed E-state index contributed by atoms with van der Waals surface area (Å²) in [6, 6.07) is 3.57. The van der Waals surface area contributed by atoms with E-state index in [-0.39, 0.29) is 5.78 Å². The Morgan fingerprint density at radius 1 is 1.37 bits per heavy atom. The lowest BCUT2D eigenvalue weighted by molar-refractivity contribution is 0.0876. The molecular weight excluding hydrogens is 242 g/mol. The van der Waals surface area contributed by atoms with Crippen LogP contribution in [-0.4, -0.2) is 60.3 Å². The Bertz CT molecular complexity index is 585. The first kappa shape index (κ1) is 12.3. The van der Waals surface area contributed by atoms with Crippen molar-refractivity contribution in [3.63, 3.8) is 0 Å². The summed E-state index contributed by atoms with van der Waals surface area (Å²) < 4.78 is 5.28. The number of Topliss-reactive ketones (excluding diaryl/α,β-unsaturated/α-hetero) is 1. The number of piperazine rings is 1. The molecule has 3 rings (SSSR count). The first-order valence-electron chi connectivity index (χ1n) is 6.50. The lowest BCUT2D eigenvalue weighted by Crippen LogP contribution is -2.46. The highest BCUT2D eigenvalue weighted by Gasteiger charge is 2.18. The van der Waals surface area contributed by atoms with E-state index in [0.717, 1.165) is 31.7 Å². The Morgan fingerprint density at radius 2 is 2.16 bits per heavy atom. The molecule has 3 heterocycles. The maximum atomic E-state index is 12.2. The van der Waals surface area contributed by atoms with E-state index in [9.17, 15) is 4.79 Å². The number of carbonyl (C=O) groups is 1. The Hall–Kier alpha value is -1.72. The Kier molecular flexibility index (Phi) is 3.31. The molecule has 0 unspecified atom stereocenters. The van der Waals surface area contributed by atoms with Gasteiger partial charge in [0.15, 0.2) is 11.4 Å². The average Bonchev–Trinajstić information content (AvgIpc) is 2.88. The number of nitrogens with zero attached hydrogens (tertiary/aromatic N) is 3. The van der Waals surface area contributed by atoms with Crippen LogP contribution in [0.2, 0.25) is 0 Å². The number of hydrogen-bond donors (Lipinski definition) is 0. The number of carbonyl (C=O) groups excluding carboxylic acids is 1. The van der Waals surface area contributed by atoms with Crippen LogP contribution in [0.25, 0.3) is 11.1 Å². The van der Waals surface area contributed by atoms with Crippen molar-refractivity contribution >= 4 is 16.9 Å². The van der Waals surface area contributed by atoms with Crippen LogP contribution >= 0.6 is 0 Å². The van der Waals surface area contributed by atoms with Gasteiger partial charge in [-0.05, 0) is 13.1 Å². The molecule has 0 amide bonds. The zero-order valence-corrected chi connectivity index (χ0v) is 11.0. The standard InChI is InChI=1S/C14H17N3O2/c1-16-3-5-17(6-4-16)10-13(18)11-8-14-12(15-9-11)2-7-19-14/h2,7-9H,3-6,10H2,1H3. The summed E-state index contributed by atoms with van der Waals surface area (Å²) in [4.78, 5) is 20.9. The lowest BCUT2D eigenvalue weighted by atomic mass is 10.1. The number of pyridine rings is 1. The molecule has 1 saturated heterocycles. The number of furan rings is 1. The summed E-state index contributed by atoms with van der Waals surface area (Å²) in [6.07, 6.45) is 3.22. The van der Waals surface area contributed by atoms with Gasteiger partial charge >= 0.3 is 0 Å². The van der Waals surface area contributed by atoms with E-state index in [2.05, 4.69) is 21.8 Å². The fraction of sp³-hybridized carbons (Fsp3) is 0.429. The summed E-state index contributed by atoms with van der Waals surface area (Å²) in [5.74, 6) is 0.107. The second-order valence-corrected chi connectivity index (χ2v) is 5.03. The van der Waals surface area contributed by atoms with Gasteiger partial charge in [0.2, 0.25) is 0 Å². The number of fused-ring (bicyclic) bond motifs is 1. The molecule has 0 aliphatic carbocycles. The van der Waals surface area contributed by atoms with Crippen LogP contribution in [0.15, 0.2) is 29.0 Å². The maximum absolute atomic E-state index is 12.2. The van der Waals surface area contributed by atoms with Crippen LogP contribution in [0.1, 0.15) is 10.4 Å². The van der Waals surface area contributed by atoms with Gasteiger partial charge in [-0.1, -0.05) is 0 Å². The fourth-order valence-electron chi connectivity index (χ4n) is 2.30. The molecule has 0 spiro atoms. The Balaban J connectivity index is 1.69. The van der Waals surface area contributed by atoms with Crippen LogP contribution in [0, 0.1) is 0 Å². The summed E-state index contributed by atoms with van der Waals surface area (Å²) >= 11 is 0. The molecule has 5 nitrogen and oxygen atoms in total. The van der Waals surface area contributed by atoms with E-state index in [1.165, 1.54) is 0 Å². The third-order valence-electron chi connectivity index (χ3n) is 3.59.